The van der Waals surface area contributed by atoms with Crippen molar-refractivity contribution < 1.29 is 18.0 Å². The van der Waals surface area contributed by atoms with E-state index in [1.54, 1.807) is 18.7 Å². The summed E-state index contributed by atoms with van der Waals surface area (Å²) in [5.74, 6) is -0.463. The summed E-state index contributed by atoms with van der Waals surface area (Å²) in [4.78, 5) is 21.7. The van der Waals surface area contributed by atoms with Gasteiger partial charge in [-0.05, 0) is 80.7 Å². The first-order valence-electron chi connectivity index (χ1n) is 10.9. The number of hydrogen-bond acceptors (Lipinski definition) is 3. The van der Waals surface area contributed by atoms with Crippen LogP contribution in [0.1, 0.15) is 44.2 Å². The van der Waals surface area contributed by atoms with E-state index in [9.17, 15) is 18.0 Å². The number of anilines is 2. The molecule has 0 aliphatic carbocycles. The van der Waals surface area contributed by atoms with Crippen molar-refractivity contribution in [1.29, 1.82) is 0 Å². The molecule has 0 N–H and O–H groups in total. The van der Waals surface area contributed by atoms with Gasteiger partial charge in [0.05, 0.1) is 12.1 Å². The molecule has 3 rings (SSSR count). The zero-order valence-corrected chi connectivity index (χ0v) is 20.0. The Morgan fingerprint density at radius 3 is 2.34 bits per heavy atom. The number of hydrogen-bond donors (Lipinski definition) is 0. The Morgan fingerprint density at radius 2 is 1.74 bits per heavy atom. The average molecular weight is 501 g/mol. The summed E-state index contributed by atoms with van der Waals surface area (Å²) in [5.41, 5.74) is 7.23. The van der Waals surface area contributed by atoms with Crippen LogP contribution in [0.15, 0.2) is 47.6 Å². The standard InChI is InChI=1S/C24H23F3N6OS/c1-23(2)21(34)32(18-12-13-20(29-3)19(15-18)24(25,26)27)22(35)33(23)17-10-8-16(9-11-17)7-5-4-6-14-30-31-28/h8-13,15H,4-7,14H2,1-2H3. The second-order valence-corrected chi connectivity index (χ2v) is 8.93. The quantitative estimate of drug-likeness (QED) is 0.0961. The predicted octanol–water partition coefficient (Wildman–Crippen LogP) is 7.20. The minimum atomic E-state index is -4.74. The van der Waals surface area contributed by atoms with Crippen molar-refractivity contribution in [3.63, 3.8) is 0 Å². The maximum absolute atomic E-state index is 13.5. The number of rotatable bonds is 8. The van der Waals surface area contributed by atoms with Gasteiger partial charge in [0.15, 0.2) is 10.8 Å². The van der Waals surface area contributed by atoms with Gasteiger partial charge in [0.25, 0.3) is 5.91 Å². The normalized spacial score (nSPS) is 15.2. The number of nitrogens with zero attached hydrogens (tertiary/aromatic N) is 6. The zero-order valence-electron chi connectivity index (χ0n) is 19.2. The van der Waals surface area contributed by atoms with Crippen molar-refractivity contribution in [2.45, 2.75) is 51.2 Å². The van der Waals surface area contributed by atoms with E-state index >= 15 is 0 Å². The molecule has 2 aromatic rings. The maximum Gasteiger partial charge on any atom is 0.407 e. The Hall–Kier alpha value is -3.61. The van der Waals surface area contributed by atoms with Crippen LogP contribution in [0, 0.1) is 6.57 Å². The molecule has 0 atom stereocenters. The van der Waals surface area contributed by atoms with Crippen LogP contribution < -0.4 is 9.80 Å². The lowest BCUT2D eigenvalue weighted by atomic mass is 10.0. The smallest absolute Gasteiger partial charge is 0.304 e. The first-order chi connectivity index (χ1) is 16.5. The lowest BCUT2D eigenvalue weighted by molar-refractivity contribution is -0.136. The Morgan fingerprint density at radius 1 is 1.09 bits per heavy atom. The highest BCUT2D eigenvalue weighted by atomic mass is 32.1. The molecule has 1 amide bonds. The summed E-state index contributed by atoms with van der Waals surface area (Å²) in [6.07, 6.45) is -1.22. The van der Waals surface area contributed by atoms with Crippen molar-refractivity contribution in [2.75, 3.05) is 16.3 Å². The van der Waals surface area contributed by atoms with Crippen molar-refractivity contribution >= 4 is 40.3 Å². The van der Waals surface area contributed by atoms with E-state index in [1.165, 1.54) is 6.07 Å². The van der Waals surface area contributed by atoms with Crippen LogP contribution in [0.2, 0.25) is 0 Å². The first kappa shape index (κ1) is 26.0. The summed E-state index contributed by atoms with van der Waals surface area (Å²) in [6, 6.07) is 10.7. The van der Waals surface area contributed by atoms with Crippen molar-refractivity contribution in [3.05, 3.63) is 75.5 Å². The molecule has 1 aliphatic rings. The first-order valence-corrected chi connectivity index (χ1v) is 11.3. The molecule has 1 fully saturated rings. The molecular weight excluding hydrogens is 477 g/mol. The third-order valence-corrected chi connectivity index (χ3v) is 6.18. The van der Waals surface area contributed by atoms with Gasteiger partial charge in [-0.1, -0.05) is 29.7 Å². The van der Waals surface area contributed by atoms with Gasteiger partial charge in [-0.15, -0.1) is 0 Å². The highest BCUT2D eigenvalue weighted by molar-refractivity contribution is 7.81. The van der Waals surface area contributed by atoms with Crippen LogP contribution in [0.3, 0.4) is 0 Å². The van der Waals surface area contributed by atoms with Crippen LogP contribution in [-0.2, 0) is 17.4 Å². The molecule has 0 unspecified atom stereocenters. The van der Waals surface area contributed by atoms with Crippen LogP contribution in [0.4, 0.5) is 30.2 Å². The van der Waals surface area contributed by atoms with Crippen LogP contribution in [-0.4, -0.2) is 23.1 Å². The minimum Gasteiger partial charge on any atom is -0.304 e. The van der Waals surface area contributed by atoms with Crippen molar-refractivity contribution in [3.8, 4) is 0 Å². The van der Waals surface area contributed by atoms with E-state index in [0.29, 0.717) is 12.2 Å². The molecule has 0 aromatic heterocycles. The molecule has 11 heteroatoms. The van der Waals surface area contributed by atoms with Gasteiger partial charge in [-0.2, -0.15) is 13.2 Å². The van der Waals surface area contributed by atoms with Crippen molar-refractivity contribution in [1.82, 2.24) is 0 Å². The third-order valence-electron chi connectivity index (χ3n) is 5.81. The number of aryl methyl sites for hydroxylation is 1. The highest BCUT2D eigenvalue weighted by Crippen LogP contribution is 2.41. The van der Waals surface area contributed by atoms with Gasteiger partial charge in [-0.25, -0.2) is 4.85 Å². The lowest BCUT2D eigenvalue weighted by Crippen LogP contribution is -2.44. The largest absolute Gasteiger partial charge is 0.407 e. The molecular formula is C24H23F3N6OS. The predicted molar refractivity (Wildman–Crippen MR) is 132 cm³/mol. The van der Waals surface area contributed by atoms with E-state index in [2.05, 4.69) is 14.9 Å². The molecule has 182 valence electrons. The molecule has 1 heterocycles. The Kier molecular flexibility index (Phi) is 7.68. The molecule has 1 aliphatic heterocycles. The summed E-state index contributed by atoms with van der Waals surface area (Å²) >= 11 is 5.56. The summed E-state index contributed by atoms with van der Waals surface area (Å²) in [5, 5.41) is 3.58. The molecule has 0 bridgehead atoms. The fourth-order valence-electron chi connectivity index (χ4n) is 3.99. The van der Waals surface area contributed by atoms with Crippen LogP contribution >= 0.6 is 12.2 Å². The van der Waals surface area contributed by atoms with E-state index < -0.39 is 28.9 Å². The number of azide groups is 1. The summed E-state index contributed by atoms with van der Waals surface area (Å²) < 4.78 is 40.5. The molecule has 0 spiro atoms. The van der Waals surface area contributed by atoms with Gasteiger partial charge in [-0.3, -0.25) is 9.69 Å². The average Bonchev–Trinajstić information content (AvgIpc) is 2.99. The highest BCUT2D eigenvalue weighted by Gasteiger charge is 2.50. The second kappa shape index (κ2) is 10.3. The minimum absolute atomic E-state index is 0.0346. The Bertz CT molecular complexity index is 1210. The number of benzene rings is 2. The van der Waals surface area contributed by atoms with Gasteiger partial charge in [0.1, 0.15) is 5.54 Å². The number of thiocarbonyl (C=S) groups is 1. The summed E-state index contributed by atoms with van der Waals surface area (Å²) in [7, 11) is 0. The van der Waals surface area contributed by atoms with Gasteiger partial charge in [0, 0.05) is 22.8 Å². The topological polar surface area (TPSA) is 76.7 Å². The Balaban J connectivity index is 1.83. The van der Waals surface area contributed by atoms with Gasteiger partial charge >= 0.3 is 6.18 Å². The number of halogens is 3. The van der Waals surface area contributed by atoms with Gasteiger partial charge < -0.3 is 4.90 Å². The van der Waals surface area contributed by atoms with Crippen molar-refractivity contribution in [2.24, 2.45) is 5.11 Å². The maximum atomic E-state index is 13.5. The van der Waals surface area contributed by atoms with Crippen LogP contribution in [0.5, 0.6) is 0 Å². The molecule has 0 radical (unpaired) electrons. The number of unbranched alkanes of at least 4 members (excludes halogenated alkanes) is 2. The lowest BCUT2D eigenvalue weighted by Gasteiger charge is -2.29. The number of alkyl halides is 3. The molecule has 1 saturated heterocycles. The van der Waals surface area contributed by atoms with E-state index in [1.807, 2.05) is 24.3 Å². The van der Waals surface area contributed by atoms with Gasteiger partial charge in [0.2, 0.25) is 0 Å². The molecule has 35 heavy (non-hydrogen) atoms. The monoisotopic (exact) mass is 500 g/mol. The van der Waals surface area contributed by atoms with E-state index in [-0.39, 0.29) is 10.8 Å². The Labute approximate surface area is 206 Å². The fraction of sp³-hybridized carbons (Fsp3) is 0.375. The molecule has 0 saturated carbocycles. The van der Waals surface area contributed by atoms with Crippen LogP contribution in [0.25, 0.3) is 15.3 Å². The van der Waals surface area contributed by atoms with E-state index in [0.717, 1.165) is 48.3 Å². The third kappa shape index (κ3) is 5.39. The SMILES string of the molecule is [C-]#[N+]c1ccc(N2C(=O)C(C)(C)N(c3ccc(CCCCCN=[N+]=[N-])cc3)C2=S)cc1C(F)(F)F. The second-order valence-electron chi connectivity index (χ2n) is 8.56. The number of carbonyl (C=O) groups excluding carboxylic acids is 1. The fourth-order valence-corrected chi connectivity index (χ4v) is 4.51. The zero-order chi connectivity index (χ0) is 25.8. The van der Waals surface area contributed by atoms with E-state index in [4.69, 9.17) is 24.3 Å². The summed E-state index contributed by atoms with van der Waals surface area (Å²) in [6.45, 7) is 10.8. The number of amides is 1. The molecule has 2 aromatic carbocycles. The number of carbonyl (C=O) groups is 1. The molecule has 7 nitrogen and oxygen atoms in total.